The van der Waals surface area contributed by atoms with Gasteiger partial charge in [-0.15, -0.1) is 0 Å². The van der Waals surface area contributed by atoms with Crippen molar-refractivity contribution in [1.29, 1.82) is 0 Å². The third kappa shape index (κ3) is 6.34. The van der Waals surface area contributed by atoms with Crippen LogP contribution in [0.15, 0.2) is 46.3 Å². The summed E-state index contributed by atoms with van der Waals surface area (Å²) in [6.45, 7) is 13.0. The molecule has 0 heterocycles. The molecular formula is C23H36O4. The first kappa shape index (κ1) is 21.9. The average Bonchev–Trinajstić information content (AvgIpc) is 2.58. The number of aliphatic hydroxyl groups is 2. The van der Waals surface area contributed by atoms with Gasteiger partial charge in [0.25, 0.3) is 0 Å². The van der Waals surface area contributed by atoms with Crippen LogP contribution in [0, 0.1) is 11.8 Å². The monoisotopic (exact) mass is 376 g/mol. The molecule has 4 nitrogen and oxygen atoms in total. The molecule has 0 aromatic rings. The Balaban J connectivity index is 2.10. The fourth-order valence-electron chi connectivity index (χ4n) is 3.69. The molecule has 152 valence electrons. The van der Waals surface area contributed by atoms with E-state index in [4.69, 9.17) is 9.47 Å². The van der Waals surface area contributed by atoms with E-state index in [9.17, 15) is 10.2 Å². The SMILES string of the molecule is CC1=CC(CC2=CC(C)=C(O)C(COC(C)C)C2)=CC(COC(C)C)C1O. The zero-order valence-electron chi connectivity index (χ0n) is 17.7. The standard InChI is InChI=1S/C23H36O4/c1-14(2)26-12-20-10-18(7-16(5)22(20)24)9-19-8-17(6)23(25)21(11-19)13-27-15(3)4/h7-8,10,14-15,20-22,24-25H,9,11-13H2,1-6H3. The van der Waals surface area contributed by atoms with Gasteiger partial charge >= 0.3 is 0 Å². The van der Waals surface area contributed by atoms with Crippen LogP contribution in [-0.2, 0) is 9.47 Å². The van der Waals surface area contributed by atoms with Crippen LogP contribution in [0.4, 0.5) is 0 Å². The maximum atomic E-state index is 10.5. The highest BCUT2D eigenvalue weighted by molar-refractivity contribution is 5.39. The van der Waals surface area contributed by atoms with Crippen molar-refractivity contribution in [1.82, 2.24) is 0 Å². The molecule has 0 saturated heterocycles. The predicted octanol–water partition coefficient (Wildman–Crippen LogP) is 4.87. The summed E-state index contributed by atoms with van der Waals surface area (Å²) in [6, 6.07) is 0. The summed E-state index contributed by atoms with van der Waals surface area (Å²) >= 11 is 0. The van der Waals surface area contributed by atoms with E-state index in [0.717, 1.165) is 24.0 Å². The number of allylic oxidation sites excluding steroid dienone is 5. The third-order valence-corrected chi connectivity index (χ3v) is 5.12. The number of ether oxygens (including phenoxy) is 2. The minimum Gasteiger partial charge on any atom is -0.512 e. The number of rotatable bonds is 8. The van der Waals surface area contributed by atoms with Crippen LogP contribution in [0.2, 0.25) is 0 Å². The summed E-state index contributed by atoms with van der Waals surface area (Å²) in [5.41, 5.74) is 4.40. The lowest BCUT2D eigenvalue weighted by atomic mass is 9.82. The third-order valence-electron chi connectivity index (χ3n) is 5.12. The van der Waals surface area contributed by atoms with Crippen LogP contribution in [0.5, 0.6) is 0 Å². The molecule has 0 saturated carbocycles. The first-order valence-electron chi connectivity index (χ1n) is 10.1. The van der Waals surface area contributed by atoms with Gasteiger partial charge in [-0.1, -0.05) is 23.8 Å². The molecule has 0 spiro atoms. The first-order valence-corrected chi connectivity index (χ1v) is 10.1. The smallest absolute Gasteiger partial charge is 0.101 e. The lowest BCUT2D eigenvalue weighted by Crippen LogP contribution is -2.28. The second-order valence-corrected chi connectivity index (χ2v) is 8.45. The molecule has 0 amide bonds. The number of hydrogen-bond acceptors (Lipinski definition) is 4. The van der Waals surface area contributed by atoms with Gasteiger partial charge in [-0.2, -0.15) is 0 Å². The van der Waals surface area contributed by atoms with Crippen LogP contribution in [-0.4, -0.2) is 41.7 Å². The topological polar surface area (TPSA) is 58.9 Å². The molecule has 0 radical (unpaired) electrons. The minimum atomic E-state index is -0.481. The van der Waals surface area contributed by atoms with Crippen molar-refractivity contribution in [3.8, 4) is 0 Å². The molecule has 0 fully saturated rings. The zero-order valence-corrected chi connectivity index (χ0v) is 17.7. The Morgan fingerprint density at radius 1 is 1.04 bits per heavy atom. The summed E-state index contributed by atoms with van der Waals surface area (Å²) in [6.07, 6.45) is 7.78. The molecule has 0 aliphatic heterocycles. The van der Waals surface area contributed by atoms with E-state index >= 15 is 0 Å². The largest absolute Gasteiger partial charge is 0.512 e. The lowest BCUT2D eigenvalue weighted by Gasteiger charge is -2.29. The van der Waals surface area contributed by atoms with E-state index in [-0.39, 0.29) is 24.0 Å². The Bertz CT molecular complexity index is 637. The van der Waals surface area contributed by atoms with E-state index in [1.165, 1.54) is 11.1 Å². The Morgan fingerprint density at radius 3 is 2.30 bits per heavy atom. The summed E-state index contributed by atoms with van der Waals surface area (Å²) in [5, 5.41) is 20.8. The fraction of sp³-hybridized carbons (Fsp3) is 0.652. The lowest BCUT2D eigenvalue weighted by molar-refractivity contribution is 0.0282. The summed E-state index contributed by atoms with van der Waals surface area (Å²) in [7, 11) is 0. The van der Waals surface area contributed by atoms with Crippen molar-refractivity contribution in [2.75, 3.05) is 13.2 Å². The Hall–Kier alpha value is -1.36. The number of hydrogen-bond donors (Lipinski definition) is 2. The highest BCUT2D eigenvalue weighted by atomic mass is 16.5. The molecule has 0 bridgehead atoms. The molecule has 27 heavy (non-hydrogen) atoms. The van der Waals surface area contributed by atoms with Crippen molar-refractivity contribution in [3.05, 3.63) is 46.3 Å². The van der Waals surface area contributed by atoms with Gasteiger partial charge in [0.15, 0.2) is 0 Å². The van der Waals surface area contributed by atoms with Crippen LogP contribution in [0.25, 0.3) is 0 Å². The fourth-order valence-corrected chi connectivity index (χ4v) is 3.69. The summed E-state index contributed by atoms with van der Waals surface area (Å²) in [5.74, 6) is 0.455. The van der Waals surface area contributed by atoms with Gasteiger partial charge in [0.1, 0.15) is 5.76 Å². The first-order chi connectivity index (χ1) is 12.7. The van der Waals surface area contributed by atoms with Gasteiger partial charge < -0.3 is 19.7 Å². The van der Waals surface area contributed by atoms with Crippen molar-refractivity contribution >= 4 is 0 Å². The van der Waals surface area contributed by atoms with E-state index in [2.05, 4.69) is 18.2 Å². The van der Waals surface area contributed by atoms with Gasteiger partial charge in [0, 0.05) is 11.8 Å². The van der Waals surface area contributed by atoms with Crippen molar-refractivity contribution in [2.45, 2.75) is 72.7 Å². The van der Waals surface area contributed by atoms with Gasteiger partial charge in [-0.3, -0.25) is 0 Å². The Kier molecular flexibility index (Phi) is 7.90. The van der Waals surface area contributed by atoms with Gasteiger partial charge in [0.05, 0.1) is 31.5 Å². The highest BCUT2D eigenvalue weighted by Crippen LogP contribution is 2.34. The van der Waals surface area contributed by atoms with E-state index < -0.39 is 6.10 Å². The quantitative estimate of drug-likeness (QED) is 0.635. The molecule has 0 aromatic carbocycles. The molecule has 2 N–H and O–H groups in total. The highest BCUT2D eigenvalue weighted by Gasteiger charge is 2.26. The van der Waals surface area contributed by atoms with Crippen LogP contribution < -0.4 is 0 Å². The van der Waals surface area contributed by atoms with Gasteiger partial charge in [-0.25, -0.2) is 0 Å². The van der Waals surface area contributed by atoms with Crippen LogP contribution in [0.1, 0.15) is 54.4 Å². The second-order valence-electron chi connectivity index (χ2n) is 8.45. The zero-order chi connectivity index (χ0) is 20.1. The van der Waals surface area contributed by atoms with Crippen molar-refractivity contribution in [3.63, 3.8) is 0 Å². The van der Waals surface area contributed by atoms with Crippen molar-refractivity contribution < 1.29 is 19.7 Å². The molecule has 2 aliphatic carbocycles. The summed E-state index contributed by atoms with van der Waals surface area (Å²) < 4.78 is 11.5. The molecule has 2 rings (SSSR count). The minimum absolute atomic E-state index is 0.0123. The van der Waals surface area contributed by atoms with E-state index in [0.29, 0.717) is 19.0 Å². The molecule has 3 atom stereocenters. The summed E-state index contributed by atoms with van der Waals surface area (Å²) in [4.78, 5) is 0. The molecular weight excluding hydrogens is 340 g/mol. The van der Waals surface area contributed by atoms with E-state index in [1.807, 2.05) is 41.5 Å². The maximum Gasteiger partial charge on any atom is 0.101 e. The number of aliphatic hydroxyl groups excluding tert-OH is 2. The predicted molar refractivity (Wildman–Crippen MR) is 110 cm³/mol. The Morgan fingerprint density at radius 2 is 1.67 bits per heavy atom. The molecule has 0 aromatic heterocycles. The van der Waals surface area contributed by atoms with Gasteiger partial charge in [0.2, 0.25) is 0 Å². The maximum absolute atomic E-state index is 10.5. The van der Waals surface area contributed by atoms with Crippen LogP contribution in [0.3, 0.4) is 0 Å². The Labute approximate surface area is 164 Å². The normalized spacial score (nSPS) is 26.4. The average molecular weight is 377 g/mol. The van der Waals surface area contributed by atoms with Gasteiger partial charge in [-0.05, 0) is 71.1 Å². The molecule has 2 aliphatic rings. The van der Waals surface area contributed by atoms with E-state index in [1.54, 1.807) is 0 Å². The van der Waals surface area contributed by atoms with Crippen molar-refractivity contribution in [2.24, 2.45) is 11.8 Å². The second kappa shape index (κ2) is 9.72. The molecule has 3 unspecified atom stereocenters. The molecule has 4 heteroatoms. The van der Waals surface area contributed by atoms with Crippen LogP contribution >= 0.6 is 0 Å².